The van der Waals surface area contributed by atoms with E-state index in [-0.39, 0.29) is 0 Å². The van der Waals surface area contributed by atoms with Crippen molar-refractivity contribution in [2.45, 2.75) is 19.9 Å². The first kappa shape index (κ1) is 9.27. The minimum absolute atomic E-state index is 0.607. The lowest BCUT2D eigenvalue weighted by Gasteiger charge is -2.06. The fourth-order valence-corrected chi connectivity index (χ4v) is 2.21. The van der Waals surface area contributed by atoms with Gasteiger partial charge in [-0.1, -0.05) is 13.0 Å². The number of nitrogens with two attached hydrogens (primary N) is 1. The van der Waals surface area contributed by atoms with Crippen molar-refractivity contribution in [2.75, 3.05) is 5.73 Å². The van der Waals surface area contributed by atoms with E-state index in [0.717, 1.165) is 18.7 Å². The summed E-state index contributed by atoms with van der Waals surface area (Å²) in [5.41, 5.74) is 6.91. The molecule has 0 bridgehead atoms. The number of anilines is 1. The molecule has 0 fully saturated rings. The van der Waals surface area contributed by atoms with Gasteiger partial charge in [0.05, 0.1) is 16.8 Å². The lowest BCUT2D eigenvalue weighted by Crippen LogP contribution is -2.03. The van der Waals surface area contributed by atoms with Crippen LogP contribution in [0.15, 0.2) is 23.7 Å². The molecule has 0 amide bonds. The summed E-state index contributed by atoms with van der Waals surface area (Å²) < 4.78 is 2.06. The van der Waals surface area contributed by atoms with Crippen LogP contribution in [-0.4, -0.2) is 9.55 Å². The van der Waals surface area contributed by atoms with E-state index in [9.17, 15) is 0 Å². The first-order valence-electron chi connectivity index (χ1n) is 4.67. The van der Waals surface area contributed by atoms with Crippen molar-refractivity contribution in [3.05, 3.63) is 23.7 Å². The van der Waals surface area contributed by atoms with E-state index < -0.39 is 0 Å². The summed E-state index contributed by atoms with van der Waals surface area (Å²) in [6.07, 6.45) is 2.91. The molecule has 0 atom stereocenters. The van der Waals surface area contributed by atoms with Crippen LogP contribution in [-0.2, 0) is 6.54 Å². The highest BCUT2D eigenvalue weighted by Crippen LogP contribution is 2.26. The molecule has 2 rings (SSSR count). The van der Waals surface area contributed by atoms with Crippen molar-refractivity contribution >= 4 is 17.3 Å². The van der Waals surface area contributed by atoms with Crippen LogP contribution in [0.1, 0.15) is 13.3 Å². The minimum Gasteiger partial charge on any atom is -0.369 e. The number of aromatic nitrogens is 2. The molecule has 2 aromatic rings. The van der Waals surface area contributed by atoms with Crippen LogP contribution in [0, 0.1) is 0 Å². The third-order valence-corrected chi connectivity index (χ3v) is 3.00. The molecule has 2 heterocycles. The van der Waals surface area contributed by atoms with Gasteiger partial charge in [-0.25, -0.2) is 4.98 Å². The molecule has 14 heavy (non-hydrogen) atoms. The number of nitrogens with zero attached hydrogens (tertiary/aromatic N) is 2. The Morgan fingerprint density at radius 3 is 3.07 bits per heavy atom. The van der Waals surface area contributed by atoms with E-state index in [4.69, 9.17) is 5.73 Å². The van der Waals surface area contributed by atoms with Gasteiger partial charge < -0.3 is 10.3 Å². The minimum atomic E-state index is 0.607. The molecule has 2 aromatic heterocycles. The summed E-state index contributed by atoms with van der Waals surface area (Å²) in [7, 11) is 0. The molecule has 0 saturated heterocycles. The van der Waals surface area contributed by atoms with E-state index in [1.165, 1.54) is 4.88 Å². The predicted octanol–water partition coefficient (Wildman–Crippen LogP) is 2.60. The maximum atomic E-state index is 5.79. The van der Waals surface area contributed by atoms with Crippen molar-refractivity contribution in [3.8, 4) is 10.6 Å². The number of rotatable bonds is 3. The van der Waals surface area contributed by atoms with Gasteiger partial charge in [-0.3, -0.25) is 0 Å². The molecule has 4 heteroatoms. The summed E-state index contributed by atoms with van der Waals surface area (Å²) in [6, 6.07) is 4.13. The first-order valence-corrected chi connectivity index (χ1v) is 5.55. The highest BCUT2D eigenvalue weighted by molar-refractivity contribution is 7.13. The summed E-state index contributed by atoms with van der Waals surface area (Å²) in [6.45, 7) is 3.07. The average Bonchev–Trinajstić information content (AvgIpc) is 2.77. The van der Waals surface area contributed by atoms with Crippen LogP contribution in [0.25, 0.3) is 10.6 Å². The normalized spacial score (nSPS) is 10.6. The topological polar surface area (TPSA) is 43.8 Å². The quantitative estimate of drug-likeness (QED) is 0.840. The van der Waals surface area contributed by atoms with Crippen LogP contribution in [0.3, 0.4) is 0 Å². The van der Waals surface area contributed by atoms with Gasteiger partial charge in [-0.05, 0) is 17.9 Å². The Hall–Kier alpha value is -1.29. The highest BCUT2D eigenvalue weighted by Gasteiger charge is 2.08. The number of imidazole rings is 1. The molecule has 0 aliphatic heterocycles. The van der Waals surface area contributed by atoms with Gasteiger partial charge in [0.15, 0.2) is 0 Å². The Balaban J connectivity index is 2.43. The van der Waals surface area contributed by atoms with Gasteiger partial charge in [0, 0.05) is 6.54 Å². The zero-order valence-corrected chi connectivity index (χ0v) is 8.92. The van der Waals surface area contributed by atoms with Crippen LogP contribution in [0.5, 0.6) is 0 Å². The van der Waals surface area contributed by atoms with Crippen LogP contribution in [0.4, 0.5) is 5.95 Å². The number of thiophene rings is 1. The molecule has 2 N–H and O–H groups in total. The largest absolute Gasteiger partial charge is 0.369 e. The van der Waals surface area contributed by atoms with Crippen LogP contribution >= 0.6 is 11.3 Å². The molecular formula is C10H13N3S. The van der Waals surface area contributed by atoms with E-state index in [1.807, 2.05) is 12.3 Å². The fraction of sp³-hybridized carbons (Fsp3) is 0.300. The maximum Gasteiger partial charge on any atom is 0.200 e. The van der Waals surface area contributed by atoms with E-state index in [1.54, 1.807) is 11.3 Å². The molecule has 0 spiro atoms. The molecule has 0 aromatic carbocycles. The summed E-state index contributed by atoms with van der Waals surface area (Å²) in [5.74, 6) is 0.607. The monoisotopic (exact) mass is 207 g/mol. The van der Waals surface area contributed by atoms with Crippen molar-refractivity contribution < 1.29 is 0 Å². The van der Waals surface area contributed by atoms with Crippen LogP contribution in [0.2, 0.25) is 0 Å². The lowest BCUT2D eigenvalue weighted by atomic mass is 10.3. The number of hydrogen-bond donors (Lipinski definition) is 1. The smallest absolute Gasteiger partial charge is 0.200 e. The zero-order valence-electron chi connectivity index (χ0n) is 8.10. The van der Waals surface area contributed by atoms with E-state index in [0.29, 0.717) is 5.95 Å². The average molecular weight is 207 g/mol. The number of nitrogen functional groups attached to an aromatic ring is 1. The Bertz CT molecular complexity index is 403. The second-order valence-corrected chi connectivity index (χ2v) is 4.08. The molecule has 0 unspecified atom stereocenters. The molecule has 3 nitrogen and oxygen atoms in total. The summed E-state index contributed by atoms with van der Waals surface area (Å²) in [5, 5.41) is 2.06. The molecule has 74 valence electrons. The molecule has 0 aliphatic carbocycles. The Morgan fingerprint density at radius 1 is 1.57 bits per heavy atom. The third kappa shape index (κ3) is 1.53. The summed E-state index contributed by atoms with van der Waals surface area (Å²) in [4.78, 5) is 5.36. The van der Waals surface area contributed by atoms with Gasteiger partial charge in [0.1, 0.15) is 0 Å². The predicted molar refractivity (Wildman–Crippen MR) is 60.2 cm³/mol. The van der Waals surface area contributed by atoms with Crippen molar-refractivity contribution in [1.29, 1.82) is 0 Å². The summed E-state index contributed by atoms with van der Waals surface area (Å²) >= 11 is 1.71. The van der Waals surface area contributed by atoms with Gasteiger partial charge in [0.2, 0.25) is 5.95 Å². The van der Waals surface area contributed by atoms with Gasteiger partial charge in [0.25, 0.3) is 0 Å². The first-order chi connectivity index (χ1) is 6.83. The zero-order chi connectivity index (χ0) is 9.97. The standard InChI is InChI=1S/C10H13N3S/c1-2-5-13-8(7-12-10(13)11)9-4-3-6-14-9/h3-4,6-7H,2,5H2,1H3,(H2,11,12). The van der Waals surface area contributed by atoms with E-state index >= 15 is 0 Å². The Labute approximate surface area is 87.2 Å². The lowest BCUT2D eigenvalue weighted by molar-refractivity contribution is 0.694. The van der Waals surface area contributed by atoms with Gasteiger partial charge in [-0.2, -0.15) is 0 Å². The molecule has 0 radical (unpaired) electrons. The second kappa shape index (κ2) is 3.84. The third-order valence-electron chi connectivity index (χ3n) is 2.11. The van der Waals surface area contributed by atoms with Crippen molar-refractivity contribution in [2.24, 2.45) is 0 Å². The number of hydrogen-bond acceptors (Lipinski definition) is 3. The fourth-order valence-electron chi connectivity index (χ4n) is 1.47. The van der Waals surface area contributed by atoms with E-state index in [2.05, 4.69) is 27.9 Å². The van der Waals surface area contributed by atoms with Crippen molar-refractivity contribution in [1.82, 2.24) is 9.55 Å². The Kier molecular flexibility index (Phi) is 2.54. The van der Waals surface area contributed by atoms with Crippen molar-refractivity contribution in [3.63, 3.8) is 0 Å². The van der Waals surface area contributed by atoms with Gasteiger partial charge >= 0.3 is 0 Å². The maximum absolute atomic E-state index is 5.79. The van der Waals surface area contributed by atoms with Gasteiger partial charge in [-0.15, -0.1) is 11.3 Å². The molecule has 0 saturated carbocycles. The Morgan fingerprint density at radius 2 is 2.43 bits per heavy atom. The SMILES string of the molecule is CCCn1c(-c2cccs2)cnc1N. The molecular weight excluding hydrogens is 194 g/mol. The highest BCUT2D eigenvalue weighted by atomic mass is 32.1. The molecule has 0 aliphatic rings. The van der Waals surface area contributed by atoms with Crippen LogP contribution < -0.4 is 5.73 Å². The second-order valence-electron chi connectivity index (χ2n) is 3.13.